The SMILES string of the molecule is C=C(C)CC(OC)C(C(C)CC)N(C)C. The fourth-order valence-corrected chi connectivity index (χ4v) is 2.14. The van der Waals surface area contributed by atoms with Crippen molar-refractivity contribution in [3.63, 3.8) is 0 Å². The van der Waals surface area contributed by atoms with Crippen molar-refractivity contribution >= 4 is 0 Å². The predicted molar refractivity (Wildman–Crippen MR) is 67.2 cm³/mol. The Morgan fingerprint density at radius 1 is 1.40 bits per heavy atom. The molecule has 0 N–H and O–H groups in total. The second-order valence-electron chi connectivity index (χ2n) is 4.78. The lowest BCUT2D eigenvalue weighted by Crippen LogP contribution is -2.44. The fraction of sp³-hybridized carbons (Fsp3) is 0.846. The molecule has 2 heteroatoms. The Hall–Kier alpha value is -0.340. The van der Waals surface area contributed by atoms with Crippen molar-refractivity contribution in [3.8, 4) is 0 Å². The van der Waals surface area contributed by atoms with E-state index in [4.69, 9.17) is 4.74 Å². The molecule has 0 radical (unpaired) electrons. The Labute approximate surface area is 95.3 Å². The van der Waals surface area contributed by atoms with Gasteiger partial charge in [-0.15, -0.1) is 6.58 Å². The maximum Gasteiger partial charge on any atom is 0.0765 e. The van der Waals surface area contributed by atoms with Crippen LogP contribution in [0.2, 0.25) is 0 Å². The molecule has 0 aromatic rings. The van der Waals surface area contributed by atoms with E-state index in [2.05, 4.69) is 46.3 Å². The zero-order valence-electron chi connectivity index (χ0n) is 11.2. The molecule has 3 atom stereocenters. The molecule has 0 spiro atoms. The molecule has 0 saturated carbocycles. The summed E-state index contributed by atoms with van der Waals surface area (Å²) in [5.74, 6) is 0.643. The number of nitrogens with zero attached hydrogens (tertiary/aromatic N) is 1. The van der Waals surface area contributed by atoms with Gasteiger partial charge in [0.05, 0.1) is 6.10 Å². The number of hydrogen-bond donors (Lipinski definition) is 0. The minimum atomic E-state index is 0.257. The van der Waals surface area contributed by atoms with Crippen LogP contribution in [0.1, 0.15) is 33.6 Å². The smallest absolute Gasteiger partial charge is 0.0765 e. The standard InChI is InChI=1S/C13H27NO/c1-8-11(4)13(14(5)6)12(15-7)9-10(2)3/h11-13H,2,8-9H2,1,3-7H3. The molecule has 0 saturated heterocycles. The first-order valence-electron chi connectivity index (χ1n) is 5.77. The molecule has 2 nitrogen and oxygen atoms in total. The first-order valence-corrected chi connectivity index (χ1v) is 5.77. The summed E-state index contributed by atoms with van der Waals surface area (Å²) in [6.45, 7) is 10.6. The Morgan fingerprint density at radius 2 is 1.93 bits per heavy atom. The van der Waals surface area contributed by atoms with Crippen LogP contribution in [0.4, 0.5) is 0 Å². The van der Waals surface area contributed by atoms with Crippen molar-refractivity contribution < 1.29 is 4.74 Å². The summed E-state index contributed by atoms with van der Waals surface area (Å²) in [4.78, 5) is 2.27. The van der Waals surface area contributed by atoms with E-state index in [9.17, 15) is 0 Å². The lowest BCUT2D eigenvalue weighted by molar-refractivity contribution is 0.00932. The van der Waals surface area contributed by atoms with Gasteiger partial charge in [-0.25, -0.2) is 0 Å². The fourth-order valence-electron chi connectivity index (χ4n) is 2.14. The van der Waals surface area contributed by atoms with Crippen LogP contribution in [0.3, 0.4) is 0 Å². The van der Waals surface area contributed by atoms with Crippen molar-refractivity contribution in [1.82, 2.24) is 4.90 Å². The third kappa shape index (κ3) is 4.80. The van der Waals surface area contributed by atoms with Gasteiger partial charge in [0.15, 0.2) is 0 Å². The second kappa shape index (κ2) is 7.02. The maximum absolute atomic E-state index is 5.61. The summed E-state index contributed by atoms with van der Waals surface area (Å²) in [6.07, 6.45) is 2.38. The molecule has 0 aliphatic heterocycles. The van der Waals surface area contributed by atoms with Crippen LogP contribution in [0.25, 0.3) is 0 Å². The van der Waals surface area contributed by atoms with Crippen molar-refractivity contribution in [2.24, 2.45) is 5.92 Å². The number of rotatable bonds is 7. The van der Waals surface area contributed by atoms with E-state index in [0.29, 0.717) is 12.0 Å². The average molecular weight is 213 g/mol. The first kappa shape index (κ1) is 14.7. The van der Waals surface area contributed by atoms with Gasteiger partial charge in [-0.3, -0.25) is 0 Å². The molecular weight excluding hydrogens is 186 g/mol. The summed E-state index contributed by atoms with van der Waals surface area (Å²) >= 11 is 0. The number of likely N-dealkylation sites (N-methyl/N-ethyl adjacent to an activating group) is 1. The van der Waals surface area contributed by atoms with E-state index in [1.165, 1.54) is 12.0 Å². The Balaban J connectivity index is 4.61. The zero-order chi connectivity index (χ0) is 12.0. The van der Waals surface area contributed by atoms with Crippen LogP contribution in [0, 0.1) is 5.92 Å². The Bertz CT molecular complexity index is 189. The second-order valence-corrected chi connectivity index (χ2v) is 4.78. The number of hydrogen-bond acceptors (Lipinski definition) is 2. The monoisotopic (exact) mass is 213 g/mol. The quantitative estimate of drug-likeness (QED) is 0.603. The summed E-state index contributed by atoms with van der Waals surface area (Å²) in [5, 5.41) is 0. The molecule has 0 aromatic heterocycles. The zero-order valence-corrected chi connectivity index (χ0v) is 11.2. The van der Waals surface area contributed by atoms with E-state index in [1.807, 2.05) is 0 Å². The summed E-state index contributed by atoms with van der Waals surface area (Å²) < 4.78 is 5.61. The molecule has 3 unspecified atom stereocenters. The number of methoxy groups -OCH3 is 1. The van der Waals surface area contributed by atoms with Gasteiger partial charge in [-0.2, -0.15) is 0 Å². The molecule has 0 aliphatic carbocycles. The number of ether oxygens (including phenoxy) is 1. The van der Waals surface area contributed by atoms with Gasteiger partial charge in [-0.1, -0.05) is 25.8 Å². The van der Waals surface area contributed by atoms with Crippen LogP contribution in [-0.2, 0) is 4.74 Å². The third-order valence-corrected chi connectivity index (χ3v) is 3.06. The van der Waals surface area contributed by atoms with Crippen molar-refractivity contribution in [3.05, 3.63) is 12.2 Å². The van der Waals surface area contributed by atoms with E-state index in [-0.39, 0.29) is 6.10 Å². The Kier molecular flexibility index (Phi) is 6.86. The van der Waals surface area contributed by atoms with E-state index >= 15 is 0 Å². The highest BCUT2D eigenvalue weighted by Gasteiger charge is 2.27. The van der Waals surface area contributed by atoms with Crippen LogP contribution >= 0.6 is 0 Å². The molecule has 0 bridgehead atoms. The van der Waals surface area contributed by atoms with Crippen LogP contribution in [0.5, 0.6) is 0 Å². The lowest BCUT2D eigenvalue weighted by atomic mass is 9.90. The highest BCUT2D eigenvalue weighted by Crippen LogP contribution is 2.21. The van der Waals surface area contributed by atoms with E-state index < -0.39 is 0 Å². The first-order chi connectivity index (χ1) is 6.93. The van der Waals surface area contributed by atoms with Gasteiger partial charge in [0.25, 0.3) is 0 Å². The molecule has 0 amide bonds. The van der Waals surface area contributed by atoms with Crippen molar-refractivity contribution in [2.45, 2.75) is 45.8 Å². The molecular formula is C13H27NO. The molecule has 0 aliphatic rings. The van der Waals surface area contributed by atoms with Gasteiger partial charge in [0.2, 0.25) is 0 Å². The topological polar surface area (TPSA) is 12.5 Å². The normalized spacial score (nSPS) is 17.5. The molecule has 0 heterocycles. The predicted octanol–water partition coefficient (Wildman–Crippen LogP) is 2.94. The van der Waals surface area contributed by atoms with Gasteiger partial charge >= 0.3 is 0 Å². The minimum absolute atomic E-state index is 0.257. The maximum atomic E-state index is 5.61. The Morgan fingerprint density at radius 3 is 2.20 bits per heavy atom. The third-order valence-electron chi connectivity index (χ3n) is 3.06. The van der Waals surface area contributed by atoms with Gasteiger partial charge in [0, 0.05) is 13.2 Å². The minimum Gasteiger partial charge on any atom is -0.379 e. The van der Waals surface area contributed by atoms with Gasteiger partial charge in [0.1, 0.15) is 0 Å². The summed E-state index contributed by atoms with van der Waals surface area (Å²) in [6, 6.07) is 0.469. The van der Waals surface area contributed by atoms with Crippen LogP contribution < -0.4 is 0 Å². The van der Waals surface area contributed by atoms with E-state index in [0.717, 1.165) is 6.42 Å². The lowest BCUT2D eigenvalue weighted by Gasteiger charge is -2.35. The molecule has 0 rings (SSSR count). The van der Waals surface area contributed by atoms with Crippen LogP contribution in [0.15, 0.2) is 12.2 Å². The van der Waals surface area contributed by atoms with Gasteiger partial charge in [-0.05, 0) is 33.4 Å². The van der Waals surface area contributed by atoms with Crippen molar-refractivity contribution in [1.29, 1.82) is 0 Å². The van der Waals surface area contributed by atoms with Crippen LogP contribution in [-0.4, -0.2) is 38.3 Å². The summed E-state index contributed by atoms with van der Waals surface area (Å²) in [7, 11) is 6.05. The van der Waals surface area contributed by atoms with Gasteiger partial charge < -0.3 is 9.64 Å². The van der Waals surface area contributed by atoms with E-state index in [1.54, 1.807) is 7.11 Å². The molecule has 90 valence electrons. The molecule has 0 aromatic carbocycles. The average Bonchev–Trinajstić information content (AvgIpc) is 2.15. The highest BCUT2D eigenvalue weighted by atomic mass is 16.5. The van der Waals surface area contributed by atoms with Crippen molar-refractivity contribution in [2.75, 3.05) is 21.2 Å². The summed E-state index contributed by atoms with van der Waals surface area (Å²) in [5.41, 5.74) is 1.19. The largest absolute Gasteiger partial charge is 0.379 e. The molecule has 0 fully saturated rings. The molecule has 15 heavy (non-hydrogen) atoms. The highest BCUT2D eigenvalue weighted by molar-refractivity contribution is 4.95.